The minimum absolute atomic E-state index is 0.0316. The highest BCUT2D eigenvalue weighted by Gasteiger charge is 2.23. The van der Waals surface area contributed by atoms with Crippen molar-refractivity contribution in [1.82, 2.24) is 14.7 Å². The van der Waals surface area contributed by atoms with E-state index in [1.54, 1.807) is 18.2 Å². The van der Waals surface area contributed by atoms with Gasteiger partial charge in [-0.15, -0.1) is 0 Å². The van der Waals surface area contributed by atoms with Gasteiger partial charge in [0.05, 0.1) is 0 Å². The molecule has 1 aromatic carbocycles. The molecule has 0 unspecified atom stereocenters. The van der Waals surface area contributed by atoms with E-state index in [0.717, 1.165) is 52.1 Å². The first kappa shape index (κ1) is 15.0. The van der Waals surface area contributed by atoms with Crippen LogP contribution in [-0.4, -0.2) is 72.8 Å². The molecule has 0 aromatic heterocycles. The van der Waals surface area contributed by atoms with Crippen molar-refractivity contribution < 1.29 is 9.59 Å². The van der Waals surface area contributed by atoms with E-state index in [0.29, 0.717) is 11.1 Å². The smallest absolute Gasteiger partial charge is 0.253 e. The molecule has 2 aliphatic heterocycles. The average molecular weight is 301 g/mol. The summed E-state index contributed by atoms with van der Waals surface area (Å²) >= 11 is 0. The van der Waals surface area contributed by atoms with Gasteiger partial charge in [0.25, 0.3) is 11.8 Å². The lowest BCUT2D eigenvalue weighted by Gasteiger charge is -2.32. The van der Waals surface area contributed by atoms with Crippen molar-refractivity contribution in [2.45, 2.75) is 12.8 Å². The summed E-state index contributed by atoms with van der Waals surface area (Å²) in [6, 6.07) is 7.18. The second kappa shape index (κ2) is 6.48. The zero-order valence-electron chi connectivity index (χ0n) is 13.1. The van der Waals surface area contributed by atoms with Crippen LogP contribution in [0.2, 0.25) is 0 Å². The van der Waals surface area contributed by atoms with Crippen LogP contribution in [0.5, 0.6) is 0 Å². The first-order chi connectivity index (χ1) is 10.6. The summed E-state index contributed by atoms with van der Waals surface area (Å²) in [5, 5.41) is 0. The zero-order chi connectivity index (χ0) is 15.5. The van der Waals surface area contributed by atoms with Gasteiger partial charge in [-0.05, 0) is 38.1 Å². The molecule has 3 rings (SSSR count). The number of benzene rings is 1. The molecule has 22 heavy (non-hydrogen) atoms. The number of carbonyl (C=O) groups is 2. The van der Waals surface area contributed by atoms with Crippen LogP contribution in [0.3, 0.4) is 0 Å². The fraction of sp³-hybridized carbons (Fsp3) is 0.529. The van der Waals surface area contributed by atoms with Crippen LogP contribution >= 0.6 is 0 Å². The normalized spacial score (nSPS) is 19.5. The van der Waals surface area contributed by atoms with Gasteiger partial charge in [-0.1, -0.05) is 6.07 Å². The van der Waals surface area contributed by atoms with E-state index in [4.69, 9.17) is 0 Å². The molecule has 0 radical (unpaired) electrons. The number of hydrogen-bond acceptors (Lipinski definition) is 3. The molecule has 2 amide bonds. The summed E-state index contributed by atoms with van der Waals surface area (Å²) in [5.41, 5.74) is 1.25. The second-order valence-electron chi connectivity index (χ2n) is 6.18. The number of hydrogen-bond donors (Lipinski definition) is 0. The Kier molecular flexibility index (Phi) is 4.43. The molecule has 2 saturated heterocycles. The number of likely N-dealkylation sites (tertiary alicyclic amines) is 1. The minimum atomic E-state index is 0.0316. The molecule has 2 heterocycles. The van der Waals surface area contributed by atoms with Gasteiger partial charge in [-0.25, -0.2) is 0 Å². The Morgan fingerprint density at radius 2 is 1.32 bits per heavy atom. The molecule has 0 saturated carbocycles. The van der Waals surface area contributed by atoms with Crippen LogP contribution in [-0.2, 0) is 0 Å². The third kappa shape index (κ3) is 3.14. The molecule has 0 atom stereocenters. The van der Waals surface area contributed by atoms with Crippen molar-refractivity contribution in [3.8, 4) is 0 Å². The zero-order valence-corrected chi connectivity index (χ0v) is 13.1. The Morgan fingerprint density at radius 1 is 0.818 bits per heavy atom. The maximum Gasteiger partial charge on any atom is 0.253 e. The van der Waals surface area contributed by atoms with Gasteiger partial charge in [0.15, 0.2) is 0 Å². The van der Waals surface area contributed by atoms with E-state index in [-0.39, 0.29) is 11.8 Å². The van der Waals surface area contributed by atoms with Gasteiger partial charge in [-0.3, -0.25) is 9.59 Å². The first-order valence-corrected chi connectivity index (χ1v) is 8.02. The van der Waals surface area contributed by atoms with Crippen molar-refractivity contribution in [2.24, 2.45) is 0 Å². The molecule has 0 N–H and O–H groups in total. The van der Waals surface area contributed by atoms with Crippen molar-refractivity contribution in [2.75, 3.05) is 46.3 Å². The van der Waals surface area contributed by atoms with Gasteiger partial charge in [0.2, 0.25) is 0 Å². The number of piperazine rings is 1. The minimum Gasteiger partial charge on any atom is -0.339 e. The van der Waals surface area contributed by atoms with E-state index in [9.17, 15) is 9.59 Å². The molecule has 0 bridgehead atoms. The van der Waals surface area contributed by atoms with Gasteiger partial charge in [0, 0.05) is 50.4 Å². The monoisotopic (exact) mass is 301 g/mol. The Bertz CT molecular complexity index is 559. The summed E-state index contributed by atoms with van der Waals surface area (Å²) in [7, 11) is 2.07. The van der Waals surface area contributed by atoms with Crippen LogP contribution in [0.1, 0.15) is 33.6 Å². The third-order valence-electron chi connectivity index (χ3n) is 4.54. The number of nitrogens with zero attached hydrogens (tertiary/aromatic N) is 3. The molecular formula is C17H23N3O2. The van der Waals surface area contributed by atoms with Crippen molar-refractivity contribution in [3.05, 3.63) is 35.4 Å². The fourth-order valence-corrected chi connectivity index (χ4v) is 3.08. The second-order valence-corrected chi connectivity index (χ2v) is 6.18. The van der Waals surface area contributed by atoms with Crippen molar-refractivity contribution in [3.63, 3.8) is 0 Å². The molecule has 5 heteroatoms. The number of carbonyl (C=O) groups excluding carboxylic acids is 2. The molecule has 2 aliphatic rings. The van der Waals surface area contributed by atoms with Gasteiger partial charge >= 0.3 is 0 Å². The lowest BCUT2D eigenvalue weighted by molar-refractivity contribution is 0.0664. The molecule has 0 spiro atoms. The molecular weight excluding hydrogens is 278 g/mol. The molecule has 2 fully saturated rings. The SMILES string of the molecule is CN1CCN(C(=O)c2cccc(C(=O)N3CCCC3)c2)CC1. The molecule has 5 nitrogen and oxygen atoms in total. The van der Waals surface area contributed by atoms with Crippen molar-refractivity contribution in [1.29, 1.82) is 0 Å². The van der Waals surface area contributed by atoms with Crippen LogP contribution in [0.4, 0.5) is 0 Å². The highest BCUT2D eigenvalue weighted by Crippen LogP contribution is 2.15. The largest absolute Gasteiger partial charge is 0.339 e. The van der Waals surface area contributed by atoms with Crippen LogP contribution in [0.25, 0.3) is 0 Å². The predicted molar refractivity (Wildman–Crippen MR) is 85.0 cm³/mol. The maximum absolute atomic E-state index is 12.6. The van der Waals surface area contributed by atoms with E-state index >= 15 is 0 Å². The van der Waals surface area contributed by atoms with E-state index in [1.165, 1.54) is 0 Å². The molecule has 1 aromatic rings. The van der Waals surface area contributed by atoms with E-state index in [1.807, 2.05) is 15.9 Å². The fourth-order valence-electron chi connectivity index (χ4n) is 3.08. The quantitative estimate of drug-likeness (QED) is 0.827. The Hall–Kier alpha value is -1.88. The molecule has 118 valence electrons. The third-order valence-corrected chi connectivity index (χ3v) is 4.54. The van der Waals surface area contributed by atoms with E-state index < -0.39 is 0 Å². The van der Waals surface area contributed by atoms with Gasteiger partial charge in [0.1, 0.15) is 0 Å². The summed E-state index contributed by atoms with van der Waals surface area (Å²) < 4.78 is 0. The Morgan fingerprint density at radius 3 is 1.86 bits per heavy atom. The summed E-state index contributed by atoms with van der Waals surface area (Å²) in [6.45, 7) is 4.96. The van der Waals surface area contributed by atoms with Crippen molar-refractivity contribution >= 4 is 11.8 Å². The topological polar surface area (TPSA) is 43.9 Å². The van der Waals surface area contributed by atoms with E-state index in [2.05, 4.69) is 11.9 Å². The first-order valence-electron chi connectivity index (χ1n) is 8.02. The summed E-state index contributed by atoms with van der Waals surface area (Å²) in [6.07, 6.45) is 2.15. The highest BCUT2D eigenvalue weighted by molar-refractivity contribution is 5.99. The predicted octanol–water partition coefficient (Wildman–Crippen LogP) is 1.31. The Labute approximate surface area is 131 Å². The summed E-state index contributed by atoms with van der Waals surface area (Å²) in [4.78, 5) is 31.0. The van der Waals surface area contributed by atoms with Gasteiger partial charge < -0.3 is 14.7 Å². The standard InChI is InChI=1S/C17H23N3O2/c1-18-9-11-20(12-10-18)17(22)15-6-4-5-14(13-15)16(21)19-7-2-3-8-19/h4-6,13H,2-3,7-12H2,1H3. The number of amides is 2. The number of likely N-dealkylation sites (N-methyl/N-ethyl adjacent to an activating group) is 1. The number of rotatable bonds is 2. The lowest BCUT2D eigenvalue weighted by Crippen LogP contribution is -2.47. The van der Waals surface area contributed by atoms with Crippen LogP contribution in [0, 0.1) is 0 Å². The van der Waals surface area contributed by atoms with Crippen LogP contribution < -0.4 is 0 Å². The van der Waals surface area contributed by atoms with Gasteiger partial charge in [-0.2, -0.15) is 0 Å². The average Bonchev–Trinajstić information content (AvgIpc) is 3.09. The van der Waals surface area contributed by atoms with Crippen LogP contribution in [0.15, 0.2) is 24.3 Å². The lowest BCUT2D eigenvalue weighted by atomic mass is 10.1. The molecule has 0 aliphatic carbocycles. The summed E-state index contributed by atoms with van der Waals surface area (Å²) in [5.74, 6) is 0.0784. The maximum atomic E-state index is 12.6. The highest BCUT2D eigenvalue weighted by atomic mass is 16.2. The Balaban J connectivity index is 1.73.